The molecule has 2 N–H and O–H groups in total. The number of nitriles is 1. The minimum atomic E-state index is -0.845. The molecular formula is C12H16N4O2. The number of anilines is 1. The van der Waals surface area contributed by atoms with Crippen LogP contribution in [-0.2, 0) is 4.79 Å². The zero-order valence-corrected chi connectivity index (χ0v) is 10.5. The average molecular weight is 248 g/mol. The van der Waals surface area contributed by atoms with Crippen LogP contribution in [0.15, 0.2) is 12.3 Å². The van der Waals surface area contributed by atoms with E-state index < -0.39 is 11.4 Å². The highest BCUT2D eigenvalue weighted by molar-refractivity contribution is 5.75. The number of aliphatic carboxylic acids is 1. The molecule has 0 aromatic carbocycles. The average Bonchev–Trinajstić information content (AvgIpc) is 2.40. The van der Waals surface area contributed by atoms with Crippen LogP contribution < -0.4 is 5.32 Å². The molecule has 0 aliphatic rings. The smallest absolute Gasteiger partial charge is 0.311 e. The van der Waals surface area contributed by atoms with Gasteiger partial charge in [0.15, 0.2) is 5.82 Å². The van der Waals surface area contributed by atoms with E-state index in [0.29, 0.717) is 24.2 Å². The van der Waals surface area contributed by atoms with Crippen LogP contribution in [0.1, 0.15) is 32.3 Å². The van der Waals surface area contributed by atoms with Gasteiger partial charge in [0.25, 0.3) is 0 Å². The van der Waals surface area contributed by atoms with Gasteiger partial charge in [0, 0.05) is 6.54 Å². The monoisotopic (exact) mass is 248 g/mol. The Balaban J connectivity index is 2.86. The highest BCUT2D eigenvalue weighted by Crippen LogP contribution is 2.27. The Morgan fingerprint density at radius 2 is 2.22 bits per heavy atom. The third-order valence-corrected chi connectivity index (χ3v) is 3.24. The maximum Gasteiger partial charge on any atom is 0.311 e. The fourth-order valence-corrected chi connectivity index (χ4v) is 1.68. The van der Waals surface area contributed by atoms with Crippen LogP contribution in [0.5, 0.6) is 0 Å². The number of hydrogen-bond acceptors (Lipinski definition) is 5. The molecule has 0 radical (unpaired) electrons. The van der Waals surface area contributed by atoms with Gasteiger partial charge in [0.1, 0.15) is 6.07 Å². The van der Waals surface area contributed by atoms with Gasteiger partial charge in [-0.25, -0.2) is 0 Å². The normalized spacial score (nSPS) is 10.7. The van der Waals surface area contributed by atoms with Crippen molar-refractivity contribution in [2.24, 2.45) is 5.41 Å². The van der Waals surface area contributed by atoms with Crippen molar-refractivity contribution in [1.29, 1.82) is 5.26 Å². The third-order valence-electron chi connectivity index (χ3n) is 3.24. The summed E-state index contributed by atoms with van der Waals surface area (Å²) in [5, 5.41) is 28.6. The molecule has 1 aromatic rings. The van der Waals surface area contributed by atoms with Gasteiger partial charge in [-0.15, -0.1) is 5.10 Å². The van der Waals surface area contributed by atoms with E-state index in [1.165, 1.54) is 12.3 Å². The maximum absolute atomic E-state index is 11.3. The predicted molar refractivity (Wildman–Crippen MR) is 65.9 cm³/mol. The minimum absolute atomic E-state index is 0.225. The number of aromatic nitrogens is 2. The van der Waals surface area contributed by atoms with E-state index in [9.17, 15) is 9.90 Å². The third kappa shape index (κ3) is 2.74. The molecule has 96 valence electrons. The summed E-state index contributed by atoms with van der Waals surface area (Å²) >= 11 is 0. The minimum Gasteiger partial charge on any atom is -0.481 e. The van der Waals surface area contributed by atoms with Crippen LogP contribution in [0.4, 0.5) is 5.82 Å². The molecule has 18 heavy (non-hydrogen) atoms. The molecule has 0 unspecified atom stereocenters. The van der Waals surface area contributed by atoms with Crippen molar-refractivity contribution >= 4 is 11.8 Å². The Hall–Kier alpha value is -2.16. The van der Waals surface area contributed by atoms with Crippen LogP contribution in [0.2, 0.25) is 0 Å². The van der Waals surface area contributed by atoms with E-state index in [1.54, 1.807) is 0 Å². The van der Waals surface area contributed by atoms with Crippen LogP contribution in [0.3, 0.4) is 0 Å². The molecule has 0 saturated carbocycles. The SMILES string of the molecule is CCC(CC)(CNc1nnccc1C#N)C(=O)O. The molecular weight excluding hydrogens is 232 g/mol. The van der Waals surface area contributed by atoms with Gasteiger partial charge in [-0.3, -0.25) is 4.79 Å². The van der Waals surface area contributed by atoms with Crippen molar-refractivity contribution in [2.45, 2.75) is 26.7 Å². The van der Waals surface area contributed by atoms with Crippen LogP contribution in [-0.4, -0.2) is 27.8 Å². The summed E-state index contributed by atoms with van der Waals surface area (Å²) in [6.07, 6.45) is 2.44. The second-order valence-electron chi connectivity index (χ2n) is 4.05. The lowest BCUT2D eigenvalue weighted by Gasteiger charge is -2.27. The fraction of sp³-hybridized carbons (Fsp3) is 0.500. The van der Waals surface area contributed by atoms with E-state index in [1.807, 2.05) is 19.9 Å². The molecule has 1 heterocycles. The highest BCUT2D eigenvalue weighted by Gasteiger charge is 2.34. The summed E-state index contributed by atoms with van der Waals surface area (Å²) < 4.78 is 0. The Bertz CT molecular complexity index is 463. The molecule has 1 aromatic heterocycles. The molecule has 0 bridgehead atoms. The van der Waals surface area contributed by atoms with Gasteiger partial charge < -0.3 is 10.4 Å². The van der Waals surface area contributed by atoms with Crippen LogP contribution >= 0.6 is 0 Å². The summed E-state index contributed by atoms with van der Waals surface area (Å²) in [7, 11) is 0. The van der Waals surface area contributed by atoms with Gasteiger partial charge in [-0.05, 0) is 18.9 Å². The van der Waals surface area contributed by atoms with Crippen molar-refractivity contribution in [3.05, 3.63) is 17.8 Å². The highest BCUT2D eigenvalue weighted by atomic mass is 16.4. The lowest BCUT2D eigenvalue weighted by molar-refractivity contribution is -0.148. The number of nitrogens with zero attached hydrogens (tertiary/aromatic N) is 3. The number of carboxylic acid groups (broad SMARTS) is 1. The summed E-state index contributed by atoms with van der Waals surface area (Å²) in [4.78, 5) is 11.3. The lowest BCUT2D eigenvalue weighted by atomic mass is 9.82. The second kappa shape index (κ2) is 5.96. The first-order valence-electron chi connectivity index (χ1n) is 5.78. The molecule has 0 amide bonds. The Morgan fingerprint density at radius 1 is 1.56 bits per heavy atom. The Kier molecular flexibility index (Phi) is 4.60. The molecule has 0 saturated heterocycles. The summed E-state index contributed by atoms with van der Waals surface area (Å²) in [6, 6.07) is 3.52. The van der Waals surface area contributed by atoms with Gasteiger partial charge in [-0.2, -0.15) is 10.4 Å². The lowest BCUT2D eigenvalue weighted by Crippen LogP contribution is -2.37. The van der Waals surface area contributed by atoms with Crippen molar-refractivity contribution in [3.8, 4) is 6.07 Å². The van der Waals surface area contributed by atoms with Gasteiger partial charge >= 0.3 is 5.97 Å². The standard InChI is InChI=1S/C12H16N4O2/c1-3-12(4-2,11(17)18)8-14-10-9(7-13)5-6-15-16-10/h5-6H,3-4,8H2,1-2H3,(H,14,16)(H,17,18). The molecule has 1 rings (SSSR count). The first kappa shape index (κ1) is 13.9. The van der Waals surface area contributed by atoms with Crippen LogP contribution in [0, 0.1) is 16.7 Å². The summed E-state index contributed by atoms with van der Waals surface area (Å²) in [5.74, 6) is -0.519. The summed E-state index contributed by atoms with van der Waals surface area (Å²) in [6.45, 7) is 3.89. The molecule has 0 aliphatic carbocycles. The van der Waals surface area contributed by atoms with Gasteiger partial charge in [0.2, 0.25) is 0 Å². The van der Waals surface area contributed by atoms with Gasteiger partial charge in [-0.1, -0.05) is 13.8 Å². The van der Waals surface area contributed by atoms with Crippen molar-refractivity contribution in [1.82, 2.24) is 10.2 Å². The topological polar surface area (TPSA) is 98.9 Å². The van der Waals surface area contributed by atoms with Gasteiger partial charge in [0.05, 0.1) is 17.2 Å². The van der Waals surface area contributed by atoms with Crippen molar-refractivity contribution in [3.63, 3.8) is 0 Å². The Morgan fingerprint density at radius 3 is 2.72 bits per heavy atom. The first-order chi connectivity index (χ1) is 8.59. The zero-order chi connectivity index (χ0) is 13.6. The number of rotatable bonds is 6. The zero-order valence-electron chi connectivity index (χ0n) is 10.5. The molecule has 0 aliphatic heterocycles. The quantitative estimate of drug-likeness (QED) is 0.794. The van der Waals surface area contributed by atoms with Crippen LogP contribution in [0.25, 0.3) is 0 Å². The number of hydrogen-bond donors (Lipinski definition) is 2. The molecule has 6 nitrogen and oxygen atoms in total. The number of carboxylic acids is 1. The predicted octanol–water partition coefficient (Wildman–Crippen LogP) is 1.65. The molecule has 0 spiro atoms. The Labute approximate surface area is 106 Å². The van der Waals surface area contributed by atoms with E-state index >= 15 is 0 Å². The van der Waals surface area contributed by atoms with E-state index in [0.717, 1.165) is 0 Å². The largest absolute Gasteiger partial charge is 0.481 e. The van der Waals surface area contributed by atoms with Crippen molar-refractivity contribution < 1.29 is 9.90 Å². The van der Waals surface area contributed by atoms with E-state index in [2.05, 4.69) is 15.5 Å². The first-order valence-corrected chi connectivity index (χ1v) is 5.78. The fourth-order valence-electron chi connectivity index (χ4n) is 1.68. The van der Waals surface area contributed by atoms with E-state index in [4.69, 9.17) is 5.26 Å². The summed E-state index contributed by atoms with van der Waals surface area (Å²) in [5.41, 5.74) is -0.485. The second-order valence-corrected chi connectivity index (χ2v) is 4.05. The number of nitrogens with one attached hydrogen (secondary N) is 1. The van der Waals surface area contributed by atoms with E-state index in [-0.39, 0.29) is 6.54 Å². The maximum atomic E-state index is 11.3. The molecule has 6 heteroatoms. The van der Waals surface area contributed by atoms with Crippen molar-refractivity contribution in [2.75, 3.05) is 11.9 Å². The molecule has 0 atom stereocenters. The molecule has 0 fully saturated rings. The number of carbonyl (C=O) groups is 1.